The zero-order chi connectivity index (χ0) is 18.6. The highest BCUT2D eigenvalue weighted by molar-refractivity contribution is 4.52. The quantitative estimate of drug-likeness (QED) is 0.186. The maximum Gasteiger partial charge on any atom is 0.158 e. The van der Waals surface area contributed by atoms with Crippen molar-refractivity contribution < 1.29 is 9.47 Å². The zero-order valence-electron chi connectivity index (χ0n) is 17.9. The molecule has 0 heterocycles. The summed E-state index contributed by atoms with van der Waals surface area (Å²) in [6.07, 6.45) is 18.1. The van der Waals surface area contributed by atoms with Crippen LogP contribution >= 0.6 is 0 Å². The third-order valence-electron chi connectivity index (χ3n) is 4.67. The molecule has 0 bridgehead atoms. The molecule has 0 saturated carbocycles. The fourth-order valence-electron chi connectivity index (χ4n) is 2.95. The van der Waals surface area contributed by atoms with E-state index in [1.165, 1.54) is 83.5 Å². The van der Waals surface area contributed by atoms with E-state index in [9.17, 15) is 0 Å². The van der Waals surface area contributed by atoms with Crippen LogP contribution in [0.2, 0.25) is 0 Å². The number of ether oxygens (including phenoxy) is 2. The monoisotopic (exact) mass is 357 g/mol. The van der Waals surface area contributed by atoms with Gasteiger partial charge in [0.25, 0.3) is 0 Å². The Morgan fingerprint density at radius 1 is 0.600 bits per heavy atom. The van der Waals surface area contributed by atoms with Crippen LogP contribution in [0.3, 0.4) is 0 Å². The smallest absolute Gasteiger partial charge is 0.158 e. The van der Waals surface area contributed by atoms with E-state index < -0.39 is 0 Å². The fourth-order valence-corrected chi connectivity index (χ4v) is 2.95. The molecule has 0 rings (SSSR count). The molecule has 1 atom stereocenters. The Balaban J connectivity index is 3.67. The molecule has 3 heteroatoms. The molecule has 25 heavy (non-hydrogen) atoms. The predicted octanol–water partition coefficient (Wildman–Crippen LogP) is 6.41. The molecule has 0 aromatic heterocycles. The van der Waals surface area contributed by atoms with Gasteiger partial charge in [0.1, 0.15) is 0 Å². The standard InChI is InChI=1S/C22H47NO2/c1-5-7-9-11-13-15-17-21-25-22(18-19-23(3)4)24-20-16-14-12-10-8-6-2/h22H,5-21H2,1-4H3. The maximum atomic E-state index is 6.02. The Labute approximate surface area is 158 Å². The summed E-state index contributed by atoms with van der Waals surface area (Å²) in [5.41, 5.74) is 0. The first-order valence-corrected chi connectivity index (χ1v) is 11.1. The highest BCUT2D eigenvalue weighted by Crippen LogP contribution is 2.10. The van der Waals surface area contributed by atoms with E-state index >= 15 is 0 Å². The van der Waals surface area contributed by atoms with Crippen molar-refractivity contribution >= 4 is 0 Å². The van der Waals surface area contributed by atoms with E-state index in [1.54, 1.807) is 0 Å². The lowest BCUT2D eigenvalue weighted by molar-refractivity contribution is -0.148. The highest BCUT2D eigenvalue weighted by atomic mass is 16.7. The third kappa shape index (κ3) is 20.0. The van der Waals surface area contributed by atoms with E-state index in [0.29, 0.717) is 0 Å². The molecule has 3 nitrogen and oxygen atoms in total. The van der Waals surface area contributed by atoms with Crippen molar-refractivity contribution in [2.24, 2.45) is 0 Å². The maximum absolute atomic E-state index is 6.02. The summed E-state index contributed by atoms with van der Waals surface area (Å²) in [5, 5.41) is 0. The van der Waals surface area contributed by atoms with Gasteiger partial charge in [0.05, 0.1) is 0 Å². The summed E-state index contributed by atoms with van der Waals surface area (Å²) in [7, 11) is 4.22. The van der Waals surface area contributed by atoms with Gasteiger partial charge >= 0.3 is 0 Å². The largest absolute Gasteiger partial charge is 0.353 e. The molecule has 0 N–H and O–H groups in total. The molecule has 0 aromatic carbocycles. The average Bonchev–Trinajstić information content (AvgIpc) is 2.60. The van der Waals surface area contributed by atoms with Crippen LogP contribution in [0, 0.1) is 0 Å². The van der Waals surface area contributed by atoms with Crippen LogP contribution in [0.15, 0.2) is 0 Å². The van der Waals surface area contributed by atoms with E-state index in [1.807, 2.05) is 0 Å². The predicted molar refractivity (Wildman–Crippen MR) is 110 cm³/mol. The van der Waals surface area contributed by atoms with Crippen LogP contribution in [0.4, 0.5) is 0 Å². The lowest BCUT2D eigenvalue weighted by Gasteiger charge is -2.20. The van der Waals surface area contributed by atoms with E-state index in [2.05, 4.69) is 32.8 Å². The second-order valence-corrected chi connectivity index (χ2v) is 7.65. The van der Waals surface area contributed by atoms with Crippen molar-refractivity contribution in [3.8, 4) is 0 Å². The zero-order valence-corrected chi connectivity index (χ0v) is 17.9. The van der Waals surface area contributed by atoms with Gasteiger partial charge in [-0.25, -0.2) is 0 Å². The van der Waals surface area contributed by atoms with E-state index in [0.717, 1.165) is 26.2 Å². The Morgan fingerprint density at radius 2 is 1.00 bits per heavy atom. The number of unbranched alkanes of at least 4 members (excludes halogenated alkanes) is 11. The third-order valence-corrected chi connectivity index (χ3v) is 4.67. The fraction of sp³-hybridized carbons (Fsp3) is 1.00. The second kappa shape index (κ2) is 20.2. The van der Waals surface area contributed by atoms with Crippen LogP contribution in [0.25, 0.3) is 0 Å². The number of nitrogens with zero attached hydrogens (tertiary/aromatic N) is 1. The van der Waals surface area contributed by atoms with Gasteiger partial charge in [-0.2, -0.15) is 0 Å². The summed E-state index contributed by atoms with van der Waals surface area (Å²) in [5.74, 6) is 0. The van der Waals surface area contributed by atoms with E-state index in [-0.39, 0.29) is 6.29 Å². The summed E-state index contributed by atoms with van der Waals surface area (Å²) >= 11 is 0. The normalized spacial score (nSPS) is 12.8. The molecule has 0 saturated heterocycles. The van der Waals surface area contributed by atoms with Crippen LogP contribution in [-0.2, 0) is 9.47 Å². The van der Waals surface area contributed by atoms with Crippen LogP contribution in [-0.4, -0.2) is 45.0 Å². The molecule has 0 amide bonds. The molecular formula is C22H47NO2. The van der Waals surface area contributed by atoms with Gasteiger partial charge in [-0.05, 0) is 26.9 Å². The summed E-state index contributed by atoms with van der Waals surface area (Å²) in [4.78, 5) is 2.21. The van der Waals surface area contributed by atoms with Gasteiger partial charge < -0.3 is 14.4 Å². The minimum absolute atomic E-state index is 0.0156. The Kier molecular flexibility index (Phi) is 20.1. The van der Waals surface area contributed by atoms with Crippen molar-refractivity contribution in [1.82, 2.24) is 4.90 Å². The van der Waals surface area contributed by atoms with Gasteiger partial charge in [-0.15, -0.1) is 0 Å². The lowest BCUT2D eigenvalue weighted by atomic mass is 10.1. The Bertz CT molecular complexity index is 246. The Morgan fingerprint density at radius 3 is 1.40 bits per heavy atom. The van der Waals surface area contributed by atoms with Crippen LogP contribution < -0.4 is 0 Å². The average molecular weight is 358 g/mol. The minimum atomic E-state index is -0.0156. The van der Waals surface area contributed by atoms with Crippen molar-refractivity contribution in [3.63, 3.8) is 0 Å². The molecule has 152 valence electrons. The van der Waals surface area contributed by atoms with E-state index in [4.69, 9.17) is 9.47 Å². The van der Waals surface area contributed by atoms with Gasteiger partial charge in [0.15, 0.2) is 6.29 Å². The highest BCUT2D eigenvalue weighted by Gasteiger charge is 2.10. The molecule has 0 fully saturated rings. The summed E-state index contributed by atoms with van der Waals surface area (Å²) < 4.78 is 12.0. The minimum Gasteiger partial charge on any atom is -0.353 e. The van der Waals surface area contributed by atoms with Gasteiger partial charge in [-0.3, -0.25) is 0 Å². The molecule has 0 radical (unpaired) electrons. The molecule has 0 aromatic rings. The van der Waals surface area contributed by atoms with Crippen LogP contribution in [0.5, 0.6) is 0 Å². The first-order valence-electron chi connectivity index (χ1n) is 11.1. The second-order valence-electron chi connectivity index (χ2n) is 7.65. The SMILES string of the molecule is CCCCCCCCCOC(CCN(C)C)OCCCCCCCC. The first kappa shape index (κ1) is 24.9. The number of hydrogen-bond acceptors (Lipinski definition) is 3. The van der Waals surface area contributed by atoms with Crippen molar-refractivity contribution in [3.05, 3.63) is 0 Å². The number of hydrogen-bond donors (Lipinski definition) is 0. The van der Waals surface area contributed by atoms with Gasteiger partial charge in [-0.1, -0.05) is 84.5 Å². The molecule has 0 aliphatic carbocycles. The first-order chi connectivity index (χ1) is 12.2. The molecule has 1 unspecified atom stereocenters. The van der Waals surface area contributed by atoms with Gasteiger partial charge in [0.2, 0.25) is 0 Å². The van der Waals surface area contributed by atoms with Crippen LogP contribution in [0.1, 0.15) is 104 Å². The lowest BCUT2D eigenvalue weighted by Crippen LogP contribution is -2.25. The van der Waals surface area contributed by atoms with Gasteiger partial charge in [0, 0.05) is 26.2 Å². The topological polar surface area (TPSA) is 21.7 Å². The Hall–Kier alpha value is -0.120. The number of rotatable bonds is 20. The van der Waals surface area contributed by atoms with Crippen molar-refractivity contribution in [1.29, 1.82) is 0 Å². The summed E-state index contributed by atoms with van der Waals surface area (Å²) in [6, 6.07) is 0. The van der Waals surface area contributed by atoms with Crippen molar-refractivity contribution in [2.45, 2.75) is 110 Å². The molecule has 0 spiro atoms. The molecule has 0 aliphatic heterocycles. The summed E-state index contributed by atoms with van der Waals surface area (Å²) in [6.45, 7) is 7.26. The van der Waals surface area contributed by atoms with Crippen molar-refractivity contribution in [2.75, 3.05) is 33.9 Å². The molecule has 0 aliphatic rings. The molecular weight excluding hydrogens is 310 g/mol.